The highest BCUT2D eigenvalue weighted by Crippen LogP contribution is 2.39. The number of rotatable bonds is 3. The molecule has 1 aromatic heterocycles. The van der Waals surface area contributed by atoms with E-state index in [4.69, 9.17) is 0 Å². The second-order valence-corrected chi connectivity index (χ2v) is 7.54. The van der Waals surface area contributed by atoms with Crippen LogP contribution >= 0.6 is 11.8 Å². The molecule has 4 rings (SSSR count). The van der Waals surface area contributed by atoms with E-state index in [1.165, 1.54) is 4.57 Å². The Hall–Kier alpha value is -2.09. The van der Waals surface area contributed by atoms with Gasteiger partial charge >= 0.3 is 0 Å². The number of hydrogen-bond donors (Lipinski definition) is 0. The van der Waals surface area contributed by atoms with Crippen molar-refractivity contribution in [2.24, 2.45) is 0 Å². The van der Waals surface area contributed by atoms with Gasteiger partial charge in [-0.05, 0) is 18.9 Å². The maximum Gasteiger partial charge on any atom is 0.198 e. The quantitative estimate of drug-likeness (QED) is 0.825. The van der Waals surface area contributed by atoms with Crippen LogP contribution in [-0.4, -0.2) is 35.1 Å². The average Bonchev–Trinajstić information content (AvgIpc) is 3.41. The first-order chi connectivity index (χ1) is 12.0. The lowest BCUT2D eigenvalue weighted by Gasteiger charge is -2.29. The minimum atomic E-state index is -1.64. The Morgan fingerprint density at radius 3 is 2.52 bits per heavy atom. The van der Waals surface area contributed by atoms with Gasteiger partial charge in [0.25, 0.3) is 0 Å². The molecule has 25 heavy (non-hydrogen) atoms. The molecule has 0 spiro atoms. The number of aromatic carboxylic acids is 1. The van der Waals surface area contributed by atoms with Crippen LogP contribution in [0.2, 0.25) is 0 Å². The van der Waals surface area contributed by atoms with Crippen LogP contribution in [0.25, 0.3) is 10.9 Å². The largest absolute Gasteiger partial charge is 0.545 e. The van der Waals surface area contributed by atoms with Gasteiger partial charge in [-0.25, -0.2) is 8.78 Å². The summed E-state index contributed by atoms with van der Waals surface area (Å²) in [4.78, 5) is 25.2. The van der Waals surface area contributed by atoms with Gasteiger partial charge in [-0.1, -0.05) is 0 Å². The molecule has 0 N–H and O–H groups in total. The standard InChI is InChI=1S/C17H16F2N2O3S/c18-12-7-10-14(13(19)15(12)20-3-5-25-6-4-20)21(9-1-2-9)8-11(16(10)22)17(23)24/h7-9H,1-6H2,(H,23,24)/p-1. The Kier molecular flexibility index (Phi) is 3.94. The maximum absolute atomic E-state index is 15.3. The molecule has 2 heterocycles. The van der Waals surface area contributed by atoms with Gasteiger partial charge in [-0.2, -0.15) is 11.8 Å². The first-order valence-corrected chi connectivity index (χ1v) is 9.25. The molecule has 0 unspecified atom stereocenters. The van der Waals surface area contributed by atoms with Gasteiger partial charge in [0.15, 0.2) is 11.2 Å². The summed E-state index contributed by atoms with van der Waals surface area (Å²) < 4.78 is 31.3. The lowest BCUT2D eigenvalue weighted by molar-refractivity contribution is -0.255. The van der Waals surface area contributed by atoms with Crippen molar-refractivity contribution in [3.8, 4) is 0 Å². The van der Waals surface area contributed by atoms with Gasteiger partial charge in [0.05, 0.1) is 22.4 Å². The van der Waals surface area contributed by atoms with Crippen LogP contribution < -0.4 is 15.4 Å². The summed E-state index contributed by atoms with van der Waals surface area (Å²) in [6, 6.07) is 0.884. The topological polar surface area (TPSA) is 65.4 Å². The number of nitrogens with zero attached hydrogens (tertiary/aromatic N) is 2. The fraction of sp³-hybridized carbons (Fsp3) is 0.412. The Morgan fingerprint density at radius 2 is 1.92 bits per heavy atom. The van der Waals surface area contributed by atoms with Crippen molar-refractivity contribution < 1.29 is 18.7 Å². The highest BCUT2D eigenvalue weighted by atomic mass is 32.2. The molecule has 1 aliphatic heterocycles. The fourth-order valence-electron chi connectivity index (χ4n) is 3.29. The molecule has 1 aliphatic carbocycles. The van der Waals surface area contributed by atoms with Gasteiger partial charge in [0.1, 0.15) is 11.5 Å². The summed E-state index contributed by atoms with van der Waals surface area (Å²) in [6.45, 7) is 1.05. The van der Waals surface area contributed by atoms with E-state index < -0.39 is 28.6 Å². The van der Waals surface area contributed by atoms with Gasteiger partial charge in [0.2, 0.25) is 0 Å². The minimum absolute atomic E-state index is 0.0212. The SMILES string of the molecule is O=C([O-])c1cn(C2CC2)c2c(F)c(N3CCSCC3)c(F)cc2c1=O. The Balaban J connectivity index is 2.02. The predicted molar refractivity (Wildman–Crippen MR) is 90.3 cm³/mol. The molecular formula is C17H15F2N2O3S-. The van der Waals surface area contributed by atoms with E-state index in [0.717, 1.165) is 36.6 Å². The molecule has 132 valence electrons. The third-order valence-electron chi connectivity index (χ3n) is 4.67. The number of benzene rings is 1. The molecule has 1 saturated carbocycles. The zero-order chi connectivity index (χ0) is 17.7. The number of carbonyl (C=O) groups excluding carboxylic acids is 1. The van der Waals surface area contributed by atoms with Crippen LogP contribution in [0, 0.1) is 11.6 Å². The Labute approximate surface area is 146 Å². The van der Waals surface area contributed by atoms with E-state index in [2.05, 4.69) is 0 Å². The van der Waals surface area contributed by atoms with Gasteiger partial charge in [-0.3, -0.25) is 4.79 Å². The molecule has 2 aliphatic rings. The number of pyridine rings is 1. The lowest BCUT2D eigenvalue weighted by atomic mass is 10.1. The second-order valence-electron chi connectivity index (χ2n) is 6.31. The predicted octanol–water partition coefficient (Wildman–Crippen LogP) is 1.53. The van der Waals surface area contributed by atoms with Crippen molar-refractivity contribution >= 4 is 34.3 Å². The summed E-state index contributed by atoms with van der Waals surface area (Å²) in [7, 11) is 0. The normalized spacial score (nSPS) is 17.9. The number of carboxylic acid groups (broad SMARTS) is 1. The van der Waals surface area contributed by atoms with Crippen LogP contribution in [0.3, 0.4) is 0 Å². The van der Waals surface area contributed by atoms with Crippen LogP contribution in [0.4, 0.5) is 14.5 Å². The van der Waals surface area contributed by atoms with E-state index in [9.17, 15) is 19.1 Å². The zero-order valence-electron chi connectivity index (χ0n) is 13.3. The molecular weight excluding hydrogens is 350 g/mol. The summed E-state index contributed by atoms with van der Waals surface area (Å²) >= 11 is 1.72. The van der Waals surface area contributed by atoms with E-state index in [1.54, 1.807) is 16.7 Å². The van der Waals surface area contributed by atoms with Crippen molar-refractivity contribution in [1.82, 2.24) is 4.57 Å². The number of carboxylic acids is 1. The number of fused-ring (bicyclic) bond motifs is 1. The number of anilines is 1. The first-order valence-electron chi connectivity index (χ1n) is 8.10. The summed E-state index contributed by atoms with van der Waals surface area (Å²) in [5.41, 5.74) is -1.64. The van der Waals surface area contributed by atoms with Gasteiger partial charge in [-0.15, -0.1) is 0 Å². The highest BCUT2D eigenvalue weighted by Gasteiger charge is 2.30. The Morgan fingerprint density at radius 1 is 1.24 bits per heavy atom. The average molecular weight is 365 g/mol. The monoisotopic (exact) mass is 365 g/mol. The van der Waals surface area contributed by atoms with E-state index in [-0.39, 0.29) is 22.6 Å². The fourth-order valence-corrected chi connectivity index (χ4v) is 4.20. The van der Waals surface area contributed by atoms with Crippen LogP contribution in [0.15, 0.2) is 17.1 Å². The molecule has 1 aromatic carbocycles. The molecule has 0 bridgehead atoms. The highest BCUT2D eigenvalue weighted by molar-refractivity contribution is 7.99. The number of halogens is 2. The molecule has 5 nitrogen and oxygen atoms in total. The van der Waals surface area contributed by atoms with E-state index >= 15 is 4.39 Å². The first kappa shape index (κ1) is 16.4. The van der Waals surface area contributed by atoms with Gasteiger partial charge in [0, 0.05) is 36.8 Å². The minimum Gasteiger partial charge on any atom is -0.545 e. The third-order valence-corrected chi connectivity index (χ3v) is 5.61. The van der Waals surface area contributed by atoms with E-state index in [0.29, 0.717) is 13.1 Å². The molecule has 0 atom stereocenters. The molecule has 8 heteroatoms. The molecule has 0 amide bonds. The maximum atomic E-state index is 15.3. The zero-order valence-corrected chi connectivity index (χ0v) is 14.1. The Bertz CT molecular complexity index is 934. The summed E-state index contributed by atoms with van der Waals surface area (Å²) in [5.74, 6) is -1.73. The van der Waals surface area contributed by atoms with Crippen molar-refractivity contribution in [3.05, 3.63) is 39.7 Å². The van der Waals surface area contributed by atoms with Crippen molar-refractivity contribution in [1.29, 1.82) is 0 Å². The van der Waals surface area contributed by atoms with Crippen LogP contribution in [0.1, 0.15) is 29.2 Å². The smallest absolute Gasteiger partial charge is 0.198 e. The van der Waals surface area contributed by atoms with Crippen LogP contribution in [-0.2, 0) is 0 Å². The van der Waals surface area contributed by atoms with Crippen molar-refractivity contribution in [3.63, 3.8) is 0 Å². The molecule has 2 fully saturated rings. The van der Waals surface area contributed by atoms with Crippen LogP contribution in [0.5, 0.6) is 0 Å². The number of hydrogen-bond acceptors (Lipinski definition) is 5. The molecule has 0 radical (unpaired) electrons. The van der Waals surface area contributed by atoms with E-state index in [1.807, 2.05) is 0 Å². The van der Waals surface area contributed by atoms with Crippen molar-refractivity contribution in [2.45, 2.75) is 18.9 Å². The molecule has 1 saturated heterocycles. The second kappa shape index (κ2) is 6.01. The summed E-state index contributed by atoms with van der Waals surface area (Å²) in [5, 5.41) is 11.0. The lowest BCUT2D eigenvalue weighted by Crippen LogP contribution is -2.34. The third kappa shape index (κ3) is 2.68. The number of carbonyl (C=O) groups is 1. The van der Waals surface area contributed by atoms with Crippen molar-refractivity contribution in [2.75, 3.05) is 29.5 Å². The van der Waals surface area contributed by atoms with Gasteiger partial charge < -0.3 is 19.4 Å². The summed E-state index contributed by atoms with van der Waals surface area (Å²) in [6.07, 6.45) is 2.66. The number of thioether (sulfide) groups is 1. The number of aromatic nitrogens is 1. The molecule has 2 aromatic rings.